The Morgan fingerprint density at radius 1 is 0.968 bits per heavy atom. The molecule has 5 heteroatoms. The minimum atomic E-state index is -0.155. The average Bonchev–Trinajstić information content (AvgIpc) is 3.16. The molecule has 0 aliphatic rings. The van der Waals surface area contributed by atoms with Crippen molar-refractivity contribution in [3.63, 3.8) is 0 Å². The number of carbonyl (C=O) groups is 2. The maximum Gasteiger partial charge on any atom is 0.209 e. The van der Waals surface area contributed by atoms with Crippen LogP contribution in [0.1, 0.15) is 37.5 Å². The van der Waals surface area contributed by atoms with E-state index in [0.29, 0.717) is 28.1 Å². The largest absolute Gasteiger partial charge is 0.497 e. The van der Waals surface area contributed by atoms with E-state index in [1.165, 1.54) is 0 Å². The molecule has 4 nitrogen and oxygen atoms in total. The molecule has 31 heavy (non-hydrogen) atoms. The molecule has 2 heterocycles. The van der Waals surface area contributed by atoms with Crippen molar-refractivity contribution in [1.29, 1.82) is 0 Å². The zero-order valence-electron chi connectivity index (χ0n) is 17.1. The molecule has 0 spiro atoms. The highest BCUT2D eigenvalue weighted by Gasteiger charge is 2.19. The van der Waals surface area contributed by atoms with Gasteiger partial charge >= 0.3 is 0 Å². The number of carbonyl (C=O) groups excluding carboxylic acids is 2. The zero-order chi connectivity index (χ0) is 22.0. The van der Waals surface area contributed by atoms with E-state index in [2.05, 4.69) is 15.9 Å². The molecule has 154 valence electrons. The van der Waals surface area contributed by atoms with Crippen LogP contribution in [0.4, 0.5) is 0 Å². The number of ketones is 2. The number of benzene rings is 2. The number of rotatable bonds is 6. The second-order valence-electron chi connectivity index (χ2n) is 7.21. The Labute approximate surface area is 188 Å². The number of aryl methyl sites for hydroxylation is 1. The molecule has 0 radical (unpaired) electrons. The number of halogens is 1. The quantitative estimate of drug-likeness (QED) is 0.249. The first kappa shape index (κ1) is 20.8. The number of pyridine rings is 1. The highest BCUT2D eigenvalue weighted by Crippen LogP contribution is 2.23. The third-order valence-electron chi connectivity index (χ3n) is 5.07. The third-order valence-corrected chi connectivity index (χ3v) is 5.60. The summed E-state index contributed by atoms with van der Waals surface area (Å²) < 4.78 is 7.93. The molecule has 0 bridgehead atoms. The van der Waals surface area contributed by atoms with Crippen LogP contribution in [-0.2, 0) is 0 Å². The van der Waals surface area contributed by atoms with E-state index in [0.717, 1.165) is 15.6 Å². The highest BCUT2D eigenvalue weighted by atomic mass is 79.9. The Kier molecular flexibility index (Phi) is 5.87. The standard InChI is InChI=1S/C26H20BrNO3/c1-17-13-14-28-23(15-17)22(25(29)12-5-18-3-8-20(27)9-4-18)16-24(28)26(30)19-6-10-21(31-2)11-7-19/h3-16H,1-2H3/b12-5+. The van der Waals surface area contributed by atoms with E-state index in [9.17, 15) is 9.59 Å². The van der Waals surface area contributed by atoms with Gasteiger partial charge in [-0.1, -0.05) is 34.1 Å². The summed E-state index contributed by atoms with van der Waals surface area (Å²) in [6, 6.07) is 20.2. The van der Waals surface area contributed by atoms with Gasteiger partial charge in [-0.25, -0.2) is 0 Å². The van der Waals surface area contributed by atoms with Crippen molar-refractivity contribution in [2.24, 2.45) is 0 Å². The second kappa shape index (κ2) is 8.74. The molecule has 0 aliphatic carbocycles. The molecule has 0 unspecified atom stereocenters. The highest BCUT2D eigenvalue weighted by molar-refractivity contribution is 9.10. The molecule has 0 N–H and O–H groups in total. The summed E-state index contributed by atoms with van der Waals surface area (Å²) in [5.41, 5.74) is 4.12. The number of nitrogens with zero attached hydrogens (tertiary/aromatic N) is 1. The molecular weight excluding hydrogens is 454 g/mol. The van der Waals surface area contributed by atoms with Crippen LogP contribution in [0, 0.1) is 6.92 Å². The van der Waals surface area contributed by atoms with Gasteiger partial charge in [-0.05, 0) is 78.7 Å². The number of allylic oxidation sites excluding steroid dienone is 1. The van der Waals surface area contributed by atoms with Crippen LogP contribution in [-0.4, -0.2) is 23.1 Å². The molecule has 0 amide bonds. The second-order valence-corrected chi connectivity index (χ2v) is 8.13. The van der Waals surface area contributed by atoms with Crippen molar-refractivity contribution in [3.05, 3.63) is 111 Å². The third kappa shape index (κ3) is 4.37. The minimum absolute atomic E-state index is 0.153. The lowest BCUT2D eigenvalue weighted by Gasteiger charge is -2.05. The summed E-state index contributed by atoms with van der Waals surface area (Å²) in [6.07, 6.45) is 5.15. The van der Waals surface area contributed by atoms with Gasteiger partial charge in [-0.15, -0.1) is 0 Å². The van der Waals surface area contributed by atoms with Crippen molar-refractivity contribution in [2.45, 2.75) is 6.92 Å². The monoisotopic (exact) mass is 473 g/mol. The fraction of sp³-hybridized carbons (Fsp3) is 0.0769. The minimum Gasteiger partial charge on any atom is -0.497 e. The Morgan fingerprint density at radius 3 is 2.35 bits per heavy atom. The van der Waals surface area contributed by atoms with Crippen LogP contribution in [0.15, 0.2) is 83.5 Å². The van der Waals surface area contributed by atoms with Crippen molar-refractivity contribution >= 4 is 39.1 Å². The van der Waals surface area contributed by atoms with Crippen molar-refractivity contribution < 1.29 is 14.3 Å². The Morgan fingerprint density at radius 2 is 1.68 bits per heavy atom. The molecule has 4 aromatic rings. The van der Waals surface area contributed by atoms with Gasteiger partial charge in [0.1, 0.15) is 5.75 Å². The van der Waals surface area contributed by atoms with E-state index in [4.69, 9.17) is 4.74 Å². The first-order valence-electron chi connectivity index (χ1n) is 9.75. The average molecular weight is 474 g/mol. The molecule has 0 saturated carbocycles. The van der Waals surface area contributed by atoms with Crippen LogP contribution in [0.5, 0.6) is 5.75 Å². The molecular formula is C26H20BrNO3. The SMILES string of the molecule is COc1ccc(C(=O)c2cc(C(=O)/C=C/c3ccc(Br)cc3)c3cc(C)ccn23)cc1. The molecule has 0 aliphatic heterocycles. The van der Waals surface area contributed by atoms with Gasteiger partial charge in [-0.3, -0.25) is 9.59 Å². The predicted octanol–water partition coefficient (Wildman–Crippen LogP) is 6.15. The van der Waals surface area contributed by atoms with Crippen molar-refractivity contribution in [3.8, 4) is 5.75 Å². The fourth-order valence-electron chi connectivity index (χ4n) is 3.40. The predicted molar refractivity (Wildman–Crippen MR) is 126 cm³/mol. The van der Waals surface area contributed by atoms with Crippen LogP contribution < -0.4 is 4.74 Å². The van der Waals surface area contributed by atoms with E-state index in [-0.39, 0.29) is 11.6 Å². The number of ether oxygens (including phenoxy) is 1. The number of hydrogen-bond donors (Lipinski definition) is 0. The van der Waals surface area contributed by atoms with Gasteiger partial charge in [0.05, 0.1) is 18.3 Å². The Bertz CT molecular complexity index is 1300. The molecule has 4 rings (SSSR count). The molecule has 2 aromatic carbocycles. The Balaban J connectivity index is 1.73. The normalized spacial score (nSPS) is 11.2. The summed E-state index contributed by atoms with van der Waals surface area (Å²) >= 11 is 3.41. The number of fused-ring (bicyclic) bond motifs is 1. The number of aromatic nitrogens is 1. The zero-order valence-corrected chi connectivity index (χ0v) is 18.7. The molecule has 0 atom stereocenters. The lowest BCUT2D eigenvalue weighted by molar-refractivity contribution is 0.103. The smallest absolute Gasteiger partial charge is 0.209 e. The summed E-state index contributed by atoms with van der Waals surface area (Å²) in [4.78, 5) is 26.2. The summed E-state index contributed by atoms with van der Waals surface area (Å²) in [7, 11) is 1.58. The summed E-state index contributed by atoms with van der Waals surface area (Å²) in [6.45, 7) is 1.96. The molecule has 0 fully saturated rings. The van der Waals surface area contributed by atoms with Crippen LogP contribution in [0.3, 0.4) is 0 Å². The van der Waals surface area contributed by atoms with Gasteiger partial charge in [0.2, 0.25) is 5.78 Å². The maximum absolute atomic E-state index is 13.2. The first-order chi connectivity index (χ1) is 15.0. The molecule has 0 saturated heterocycles. The first-order valence-corrected chi connectivity index (χ1v) is 10.5. The lowest BCUT2D eigenvalue weighted by Crippen LogP contribution is -2.05. The maximum atomic E-state index is 13.2. The van der Waals surface area contributed by atoms with E-state index in [1.54, 1.807) is 54.0 Å². The van der Waals surface area contributed by atoms with Gasteiger partial charge in [0, 0.05) is 21.8 Å². The van der Waals surface area contributed by atoms with Crippen molar-refractivity contribution in [2.75, 3.05) is 7.11 Å². The topological polar surface area (TPSA) is 47.8 Å². The van der Waals surface area contributed by atoms with Crippen molar-refractivity contribution in [1.82, 2.24) is 4.40 Å². The van der Waals surface area contributed by atoms with E-state index in [1.807, 2.05) is 49.5 Å². The molecule has 2 aromatic heterocycles. The number of methoxy groups -OCH3 is 1. The van der Waals surface area contributed by atoms with Crippen LogP contribution in [0.25, 0.3) is 11.6 Å². The van der Waals surface area contributed by atoms with Gasteiger partial charge in [0.25, 0.3) is 0 Å². The number of hydrogen-bond acceptors (Lipinski definition) is 3. The van der Waals surface area contributed by atoms with Crippen LogP contribution in [0.2, 0.25) is 0 Å². The fourth-order valence-corrected chi connectivity index (χ4v) is 3.67. The summed E-state index contributed by atoms with van der Waals surface area (Å²) in [5, 5.41) is 0. The van der Waals surface area contributed by atoms with Crippen LogP contribution >= 0.6 is 15.9 Å². The Hall–Kier alpha value is -3.44. The van der Waals surface area contributed by atoms with Gasteiger partial charge in [-0.2, -0.15) is 0 Å². The van der Waals surface area contributed by atoms with E-state index >= 15 is 0 Å². The summed E-state index contributed by atoms with van der Waals surface area (Å²) in [5.74, 6) is 0.374. The van der Waals surface area contributed by atoms with E-state index < -0.39 is 0 Å². The van der Waals surface area contributed by atoms with Gasteiger partial charge in [0.15, 0.2) is 5.78 Å². The lowest BCUT2D eigenvalue weighted by atomic mass is 10.1. The van der Waals surface area contributed by atoms with Gasteiger partial charge < -0.3 is 9.14 Å².